The maximum atomic E-state index is 13.3. The second-order valence-electron chi connectivity index (χ2n) is 4.06. The number of anilines is 1. The molecule has 1 heterocycles. The van der Waals surface area contributed by atoms with Crippen molar-refractivity contribution in [3.8, 4) is 5.88 Å². The lowest BCUT2D eigenvalue weighted by atomic mass is 10.1. The Bertz CT molecular complexity index is 353. The molecule has 1 aromatic heterocycles. The molecule has 1 aromatic rings. The quantitative estimate of drug-likeness (QED) is 0.853. The number of nitrogens with one attached hydrogen (secondary N) is 1. The average molecular weight is 225 g/mol. The molecule has 0 aliphatic heterocycles. The maximum Gasteiger partial charge on any atom is 0.255 e. The molecule has 0 radical (unpaired) electrons. The highest BCUT2D eigenvalue weighted by molar-refractivity contribution is 5.27. The van der Waals surface area contributed by atoms with Crippen LogP contribution in [0.1, 0.15) is 25.7 Å². The molecule has 16 heavy (non-hydrogen) atoms. The van der Waals surface area contributed by atoms with Crippen LogP contribution >= 0.6 is 0 Å². The van der Waals surface area contributed by atoms with Crippen molar-refractivity contribution in [3.63, 3.8) is 0 Å². The predicted octanol–water partition coefficient (Wildman–Crippen LogP) is 2.23. The van der Waals surface area contributed by atoms with E-state index in [1.807, 2.05) is 0 Å². The van der Waals surface area contributed by atoms with Gasteiger partial charge in [0.15, 0.2) is 0 Å². The Morgan fingerprint density at radius 3 is 2.94 bits per heavy atom. The van der Waals surface area contributed by atoms with Gasteiger partial charge in [0, 0.05) is 7.05 Å². The fraction of sp³-hybridized carbons (Fsp3) is 0.636. The van der Waals surface area contributed by atoms with E-state index in [2.05, 4.69) is 15.3 Å². The Balaban J connectivity index is 1.96. The van der Waals surface area contributed by atoms with E-state index >= 15 is 0 Å². The number of ether oxygens (including phenoxy) is 1. The molecule has 1 N–H and O–H groups in total. The number of halogens is 1. The summed E-state index contributed by atoms with van der Waals surface area (Å²) in [6, 6.07) is 0. The minimum absolute atomic E-state index is 0.0475. The number of aromatic nitrogens is 2. The molecule has 2 rings (SSSR count). The summed E-state index contributed by atoms with van der Waals surface area (Å²) in [5.41, 5.74) is 0. The van der Waals surface area contributed by atoms with Crippen LogP contribution in [0.25, 0.3) is 0 Å². The zero-order valence-electron chi connectivity index (χ0n) is 9.37. The van der Waals surface area contributed by atoms with Gasteiger partial charge in [-0.2, -0.15) is 9.37 Å². The standard InChI is InChI=1S/C11H16FN3O/c1-13-11-14-6-9(12)10(15-11)16-7-8-4-2-3-5-8/h6,8H,2-5,7H2,1H3,(H,13,14,15). The summed E-state index contributed by atoms with van der Waals surface area (Å²) in [5, 5.41) is 2.75. The Labute approximate surface area is 94.2 Å². The van der Waals surface area contributed by atoms with Gasteiger partial charge in [-0.1, -0.05) is 12.8 Å². The molecule has 5 heteroatoms. The Kier molecular flexibility index (Phi) is 3.54. The van der Waals surface area contributed by atoms with Crippen molar-refractivity contribution in [2.75, 3.05) is 19.0 Å². The summed E-state index contributed by atoms with van der Waals surface area (Å²) in [7, 11) is 1.69. The van der Waals surface area contributed by atoms with Crippen LogP contribution in [0.4, 0.5) is 10.3 Å². The first-order valence-electron chi connectivity index (χ1n) is 5.62. The molecule has 0 unspecified atom stereocenters. The van der Waals surface area contributed by atoms with Crippen LogP contribution in [0.2, 0.25) is 0 Å². The number of hydrogen-bond donors (Lipinski definition) is 1. The monoisotopic (exact) mass is 225 g/mol. The fourth-order valence-electron chi connectivity index (χ4n) is 1.95. The molecule has 0 bridgehead atoms. The lowest BCUT2D eigenvalue weighted by Gasteiger charge is -2.11. The van der Waals surface area contributed by atoms with Gasteiger partial charge in [-0.05, 0) is 18.8 Å². The largest absolute Gasteiger partial charge is 0.475 e. The van der Waals surface area contributed by atoms with Gasteiger partial charge in [-0.25, -0.2) is 4.98 Å². The van der Waals surface area contributed by atoms with Gasteiger partial charge >= 0.3 is 0 Å². The summed E-state index contributed by atoms with van der Waals surface area (Å²) in [6.45, 7) is 0.553. The minimum atomic E-state index is -0.503. The molecule has 0 atom stereocenters. The Morgan fingerprint density at radius 2 is 2.25 bits per heavy atom. The lowest BCUT2D eigenvalue weighted by molar-refractivity contribution is 0.232. The third-order valence-corrected chi connectivity index (χ3v) is 2.87. The molecule has 4 nitrogen and oxygen atoms in total. The van der Waals surface area contributed by atoms with Crippen LogP contribution in [0.5, 0.6) is 5.88 Å². The van der Waals surface area contributed by atoms with Gasteiger partial charge in [0.1, 0.15) is 0 Å². The molecule has 1 aliphatic carbocycles. The van der Waals surface area contributed by atoms with E-state index in [1.54, 1.807) is 7.05 Å². The summed E-state index contributed by atoms with van der Waals surface area (Å²) in [6.07, 6.45) is 5.98. The van der Waals surface area contributed by atoms with Gasteiger partial charge in [0.2, 0.25) is 11.8 Å². The van der Waals surface area contributed by atoms with Crippen molar-refractivity contribution >= 4 is 5.95 Å². The summed E-state index contributed by atoms with van der Waals surface area (Å²) < 4.78 is 18.7. The van der Waals surface area contributed by atoms with Crippen LogP contribution in [0.15, 0.2) is 6.20 Å². The second-order valence-corrected chi connectivity index (χ2v) is 4.06. The van der Waals surface area contributed by atoms with Crippen LogP contribution in [-0.2, 0) is 0 Å². The van der Waals surface area contributed by atoms with E-state index in [-0.39, 0.29) is 5.88 Å². The van der Waals surface area contributed by atoms with Gasteiger partial charge in [0.25, 0.3) is 5.88 Å². The average Bonchev–Trinajstić information content (AvgIpc) is 2.81. The van der Waals surface area contributed by atoms with Crippen molar-refractivity contribution < 1.29 is 9.13 Å². The van der Waals surface area contributed by atoms with Crippen molar-refractivity contribution in [1.82, 2.24) is 9.97 Å². The number of nitrogens with zero attached hydrogens (tertiary/aromatic N) is 2. The Morgan fingerprint density at radius 1 is 1.50 bits per heavy atom. The highest BCUT2D eigenvalue weighted by atomic mass is 19.1. The highest BCUT2D eigenvalue weighted by Crippen LogP contribution is 2.25. The first-order valence-corrected chi connectivity index (χ1v) is 5.62. The SMILES string of the molecule is CNc1ncc(F)c(OCC2CCCC2)n1. The van der Waals surface area contributed by atoms with Gasteiger partial charge in [-0.15, -0.1) is 0 Å². The van der Waals surface area contributed by atoms with E-state index in [0.717, 1.165) is 6.20 Å². The number of rotatable bonds is 4. The molecule has 1 aliphatic rings. The van der Waals surface area contributed by atoms with Crippen molar-refractivity contribution in [2.45, 2.75) is 25.7 Å². The van der Waals surface area contributed by atoms with Crippen LogP contribution < -0.4 is 10.1 Å². The summed E-state index contributed by atoms with van der Waals surface area (Å²) in [5.74, 6) is 0.471. The molecule has 1 fully saturated rings. The Hall–Kier alpha value is -1.39. The van der Waals surface area contributed by atoms with Gasteiger partial charge in [0.05, 0.1) is 12.8 Å². The van der Waals surface area contributed by atoms with E-state index in [9.17, 15) is 4.39 Å². The number of hydrogen-bond acceptors (Lipinski definition) is 4. The van der Waals surface area contributed by atoms with Crippen LogP contribution in [0.3, 0.4) is 0 Å². The van der Waals surface area contributed by atoms with Crippen molar-refractivity contribution in [1.29, 1.82) is 0 Å². The smallest absolute Gasteiger partial charge is 0.255 e. The molecule has 1 saturated carbocycles. The zero-order chi connectivity index (χ0) is 11.4. The van der Waals surface area contributed by atoms with Gasteiger partial charge in [-0.3, -0.25) is 0 Å². The van der Waals surface area contributed by atoms with Crippen LogP contribution in [-0.4, -0.2) is 23.6 Å². The van der Waals surface area contributed by atoms with Gasteiger partial charge < -0.3 is 10.1 Å². The fourth-order valence-corrected chi connectivity index (χ4v) is 1.95. The van der Waals surface area contributed by atoms with Crippen LogP contribution in [0, 0.1) is 11.7 Å². The topological polar surface area (TPSA) is 47.0 Å². The molecular weight excluding hydrogens is 209 g/mol. The van der Waals surface area contributed by atoms with E-state index in [1.165, 1.54) is 25.7 Å². The molecule has 0 amide bonds. The third kappa shape index (κ3) is 2.59. The second kappa shape index (κ2) is 5.09. The highest BCUT2D eigenvalue weighted by Gasteiger charge is 2.17. The summed E-state index contributed by atoms with van der Waals surface area (Å²) in [4.78, 5) is 7.69. The van der Waals surface area contributed by atoms with E-state index in [0.29, 0.717) is 18.5 Å². The lowest BCUT2D eigenvalue weighted by Crippen LogP contribution is -2.11. The van der Waals surface area contributed by atoms with Crippen molar-refractivity contribution in [2.24, 2.45) is 5.92 Å². The first-order chi connectivity index (χ1) is 7.79. The third-order valence-electron chi connectivity index (χ3n) is 2.87. The summed E-state index contributed by atoms with van der Waals surface area (Å²) >= 11 is 0. The molecule has 0 aromatic carbocycles. The predicted molar refractivity (Wildman–Crippen MR) is 59.0 cm³/mol. The molecule has 0 spiro atoms. The van der Waals surface area contributed by atoms with E-state index in [4.69, 9.17) is 4.74 Å². The molecular formula is C11H16FN3O. The normalized spacial score (nSPS) is 16.4. The molecule has 0 saturated heterocycles. The van der Waals surface area contributed by atoms with E-state index < -0.39 is 5.82 Å². The molecule has 88 valence electrons. The maximum absolute atomic E-state index is 13.3. The minimum Gasteiger partial charge on any atom is -0.475 e. The zero-order valence-corrected chi connectivity index (χ0v) is 9.37. The first kappa shape index (κ1) is 11.1. The van der Waals surface area contributed by atoms with Crippen molar-refractivity contribution in [3.05, 3.63) is 12.0 Å².